The number of rotatable bonds is 2. The Labute approximate surface area is 97.7 Å². The van der Waals surface area contributed by atoms with E-state index in [1.54, 1.807) is 6.20 Å². The van der Waals surface area contributed by atoms with E-state index in [4.69, 9.17) is 5.73 Å². The number of hydrogen-bond acceptors (Lipinski definition) is 4. The van der Waals surface area contributed by atoms with Gasteiger partial charge in [0.25, 0.3) is 0 Å². The summed E-state index contributed by atoms with van der Waals surface area (Å²) in [5.41, 5.74) is 7.19. The van der Waals surface area contributed by atoms with Crippen LogP contribution in [0, 0.1) is 0 Å². The lowest BCUT2D eigenvalue weighted by atomic mass is 10.0. The Morgan fingerprint density at radius 3 is 3.00 bits per heavy atom. The molecule has 3 aromatic rings. The van der Waals surface area contributed by atoms with Crippen molar-refractivity contribution >= 4 is 10.8 Å². The predicted octanol–water partition coefficient (Wildman–Crippen LogP) is 1.40. The number of hydrogen-bond donors (Lipinski definition) is 2. The number of fused-ring (bicyclic) bond motifs is 1. The van der Waals surface area contributed by atoms with E-state index in [-0.39, 0.29) is 6.04 Å². The van der Waals surface area contributed by atoms with Crippen molar-refractivity contribution in [3.8, 4) is 0 Å². The Morgan fingerprint density at radius 2 is 2.18 bits per heavy atom. The van der Waals surface area contributed by atoms with E-state index in [1.807, 2.05) is 30.5 Å². The Bertz CT molecular complexity index is 627. The lowest BCUT2D eigenvalue weighted by molar-refractivity contribution is 0.793. The van der Waals surface area contributed by atoms with E-state index >= 15 is 0 Å². The highest BCUT2D eigenvalue weighted by Gasteiger charge is 2.14. The molecule has 0 aliphatic carbocycles. The van der Waals surface area contributed by atoms with E-state index in [1.165, 1.54) is 6.33 Å². The third kappa shape index (κ3) is 1.66. The van der Waals surface area contributed by atoms with Gasteiger partial charge in [-0.25, -0.2) is 4.98 Å². The van der Waals surface area contributed by atoms with Gasteiger partial charge in [-0.2, -0.15) is 5.10 Å². The minimum Gasteiger partial charge on any atom is -0.318 e. The van der Waals surface area contributed by atoms with Crippen LogP contribution < -0.4 is 5.73 Å². The number of nitrogens with two attached hydrogens (primary N) is 1. The zero-order valence-corrected chi connectivity index (χ0v) is 9.04. The summed E-state index contributed by atoms with van der Waals surface area (Å²) < 4.78 is 0. The Morgan fingerprint density at radius 1 is 1.24 bits per heavy atom. The Kier molecular flexibility index (Phi) is 2.31. The van der Waals surface area contributed by atoms with E-state index in [0.29, 0.717) is 5.82 Å². The third-order valence-electron chi connectivity index (χ3n) is 2.78. The van der Waals surface area contributed by atoms with Gasteiger partial charge in [-0.15, -0.1) is 0 Å². The molecule has 0 saturated carbocycles. The number of nitrogens with zero attached hydrogens (tertiary/aromatic N) is 3. The molecule has 5 heteroatoms. The van der Waals surface area contributed by atoms with Crippen LogP contribution in [0.1, 0.15) is 17.4 Å². The van der Waals surface area contributed by atoms with E-state index in [2.05, 4.69) is 20.2 Å². The highest BCUT2D eigenvalue weighted by atomic mass is 15.2. The molecule has 2 aromatic heterocycles. The van der Waals surface area contributed by atoms with Crippen LogP contribution in [-0.4, -0.2) is 20.2 Å². The molecule has 1 unspecified atom stereocenters. The predicted molar refractivity (Wildman–Crippen MR) is 64.2 cm³/mol. The quantitative estimate of drug-likeness (QED) is 0.690. The lowest BCUT2D eigenvalue weighted by Crippen LogP contribution is -2.14. The van der Waals surface area contributed by atoms with Crippen LogP contribution in [-0.2, 0) is 0 Å². The van der Waals surface area contributed by atoms with Gasteiger partial charge in [0.1, 0.15) is 12.2 Å². The molecule has 0 amide bonds. The van der Waals surface area contributed by atoms with Crippen molar-refractivity contribution in [1.82, 2.24) is 20.2 Å². The van der Waals surface area contributed by atoms with Gasteiger partial charge in [0, 0.05) is 17.8 Å². The van der Waals surface area contributed by atoms with Crippen molar-refractivity contribution in [2.24, 2.45) is 5.73 Å². The normalized spacial score (nSPS) is 12.8. The van der Waals surface area contributed by atoms with Crippen molar-refractivity contribution in [1.29, 1.82) is 0 Å². The van der Waals surface area contributed by atoms with Crippen LogP contribution in [0.15, 0.2) is 43.0 Å². The number of benzene rings is 1. The molecule has 0 bridgehead atoms. The molecule has 0 aliphatic heterocycles. The van der Waals surface area contributed by atoms with E-state index in [0.717, 1.165) is 16.3 Å². The molecule has 3 N–H and O–H groups in total. The summed E-state index contributed by atoms with van der Waals surface area (Å²) in [6, 6.07) is 7.63. The molecule has 1 atom stereocenters. The molecule has 1 aromatic carbocycles. The van der Waals surface area contributed by atoms with Crippen molar-refractivity contribution in [3.63, 3.8) is 0 Å². The molecular formula is C12H11N5. The molecule has 0 radical (unpaired) electrons. The SMILES string of the molecule is NC(c1ncn[nH]1)c1cccc2cnccc12. The fourth-order valence-corrected chi connectivity index (χ4v) is 1.93. The molecule has 17 heavy (non-hydrogen) atoms. The van der Waals surface area contributed by atoms with Crippen LogP contribution in [0.2, 0.25) is 0 Å². The van der Waals surface area contributed by atoms with Crippen molar-refractivity contribution in [3.05, 3.63) is 54.4 Å². The number of nitrogens with one attached hydrogen (secondary N) is 1. The average molecular weight is 225 g/mol. The first-order valence-corrected chi connectivity index (χ1v) is 5.30. The van der Waals surface area contributed by atoms with Gasteiger partial charge in [-0.05, 0) is 17.0 Å². The first-order valence-electron chi connectivity index (χ1n) is 5.30. The molecule has 5 nitrogen and oxygen atoms in total. The molecule has 0 fully saturated rings. The summed E-state index contributed by atoms with van der Waals surface area (Å²) in [7, 11) is 0. The van der Waals surface area contributed by atoms with Gasteiger partial charge in [0.05, 0.1) is 6.04 Å². The number of aromatic amines is 1. The topological polar surface area (TPSA) is 80.5 Å². The second-order valence-electron chi connectivity index (χ2n) is 3.79. The maximum absolute atomic E-state index is 6.17. The monoisotopic (exact) mass is 225 g/mol. The zero-order chi connectivity index (χ0) is 11.7. The maximum atomic E-state index is 6.17. The Hall–Kier alpha value is -2.27. The molecule has 2 heterocycles. The van der Waals surface area contributed by atoms with Gasteiger partial charge >= 0.3 is 0 Å². The fraction of sp³-hybridized carbons (Fsp3) is 0.0833. The van der Waals surface area contributed by atoms with E-state index < -0.39 is 0 Å². The highest BCUT2D eigenvalue weighted by Crippen LogP contribution is 2.24. The van der Waals surface area contributed by atoms with E-state index in [9.17, 15) is 0 Å². The summed E-state index contributed by atoms with van der Waals surface area (Å²) >= 11 is 0. The van der Waals surface area contributed by atoms with Gasteiger partial charge in [-0.1, -0.05) is 18.2 Å². The first kappa shape index (κ1) is 9.92. The van der Waals surface area contributed by atoms with Crippen LogP contribution >= 0.6 is 0 Å². The van der Waals surface area contributed by atoms with Crippen molar-refractivity contribution < 1.29 is 0 Å². The second-order valence-corrected chi connectivity index (χ2v) is 3.79. The van der Waals surface area contributed by atoms with Crippen LogP contribution in [0.4, 0.5) is 0 Å². The molecule has 0 saturated heterocycles. The molecule has 3 rings (SSSR count). The lowest BCUT2D eigenvalue weighted by Gasteiger charge is -2.11. The largest absolute Gasteiger partial charge is 0.318 e. The van der Waals surface area contributed by atoms with Crippen molar-refractivity contribution in [2.75, 3.05) is 0 Å². The summed E-state index contributed by atoms with van der Waals surface area (Å²) in [6.45, 7) is 0. The summed E-state index contributed by atoms with van der Waals surface area (Å²) in [5.74, 6) is 0.661. The summed E-state index contributed by atoms with van der Waals surface area (Å²) in [5, 5.41) is 8.78. The minimum atomic E-state index is -0.302. The first-order chi connectivity index (χ1) is 8.36. The smallest absolute Gasteiger partial charge is 0.145 e. The third-order valence-corrected chi connectivity index (χ3v) is 2.78. The standard InChI is InChI=1S/C12H11N5/c13-11(12-15-7-16-17-12)10-3-1-2-8-6-14-5-4-9(8)10/h1-7,11H,13H2,(H,15,16,17). The maximum Gasteiger partial charge on any atom is 0.145 e. The number of aromatic nitrogens is 4. The second kappa shape index (κ2) is 3.95. The Balaban J connectivity index is 2.17. The highest BCUT2D eigenvalue weighted by molar-refractivity contribution is 5.85. The van der Waals surface area contributed by atoms with Crippen LogP contribution in [0.3, 0.4) is 0 Å². The molecule has 0 spiro atoms. The molecule has 0 aliphatic rings. The van der Waals surface area contributed by atoms with Crippen LogP contribution in [0.25, 0.3) is 10.8 Å². The van der Waals surface area contributed by atoms with Gasteiger partial charge < -0.3 is 5.73 Å². The fourth-order valence-electron chi connectivity index (χ4n) is 1.93. The number of pyridine rings is 1. The molecule has 84 valence electrons. The van der Waals surface area contributed by atoms with Crippen molar-refractivity contribution in [2.45, 2.75) is 6.04 Å². The van der Waals surface area contributed by atoms with Gasteiger partial charge in [-0.3, -0.25) is 10.1 Å². The average Bonchev–Trinajstić information content (AvgIpc) is 2.91. The number of H-pyrrole nitrogens is 1. The van der Waals surface area contributed by atoms with Crippen LogP contribution in [0.5, 0.6) is 0 Å². The summed E-state index contributed by atoms with van der Waals surface area (Å²) in [6.07, 6.45) is 5.05. The van der Waals surface area contributed by atoms with Gasteiger partial charge in [0.15, 0.2) is 0 Å². The van der Waals surface area contributed by atoms with Gasteiger partial charge in [0.2, 0.25) is 0 Å². The molecular weight excluding hydrogens is 214 g/mol. The minimum absolute atomic E-state index is 0.302. The summed E-state index contributed by atoms with van der Waals surface area (Å²) in [4.78, 5) is 8.19. The zero-order valence-electron chi connectivity index (χ0n) is 9.04.